The Morgan fingerprint density at radius 2 is 1.86 bits per heavy atom. The van der Waals surface area contributed by atoms with Crippen LogP contribution < -0.4 is 14.2 Å². The Morgan fingerprint density at radius 1 is 1.10 bits per heavy atom. The average molecular weight is 568 g/mol. The van der Waals surface area contributed by atoms with E-state index >= 15 is 0 Å². The number of ketones is 1. The second-order valence-corrected chi connectivity index (χ2v) is 11.5. The Labute approximate surface area is 244 Å². The van der Waals surface area contributed by atoms with Gasteiger partial charge in [0.25, 0.3) is 0 Å². The van der Waals surface area contributed by atoms with Gasteiger partial charge in [0.05, 0.1) is 31.4 Å². The fourth-order valence-electron chi connectivity index (χ4n) is 5.65. The number of fused-ring (bicyclic) bond motifs is 3. The number of carbonyl (C=O) groups excluding carboxylic acids is 1. The SMILES string of the molecule is COc1ccc([C@H]2C3=C(CC(C)(C)CC3=O)Oc3ncn4nc(CO/N=C(\C)c5ccc(C)cc5)nc4c32)cc1OC. The molecular weight excluding hydrogens is 534 g/mol. The Morgan fingerprint density at radius 3 is 2.60 bits per heavy atom. The van der Waals surface area contributed by atoms with E-state index in [-0.39, 0.29) is 17.8 Å². The Hall–Kier alpha value is -4.73. The van der Waals surface area contributed by atoms with Crippen LogP contribution in [0.25, 0.3) is 5.65 Å². The summed E-state index contributed by atoms with van der Waals surface area (Å²) >= 11 is 0. The molecule has 1 aliphatic carbocycles. The molecule has 4 aromatic rings. The van der Waals surface area contributed by atoms with Crippen LogP contribution >= 0.6 is 0 Å². The van der Waals surface area contributed by atoms with E-state index in [9.17, 15) is 4.79 Å². The third-order valence-electron chi connectivity index (χ3n) is 7.71. The number of methoxy groups -OCH3 is 2. The van der Waals surface area contributed by atoms with Crippen LogP contribution in [0.3, 0.4) is 0 Å². The van der Waals surface area contributed by atoms with Gasteiger partial charge in [-0.3, -0.25) is 4.79 Å². The molecule has 42 heavy (non-hydrogen) atoms. The molecule has 6 rings (SSSR count). The number of hydrogen-bond donors (Lipinski definition) is 0. The number of allylic oxidation sites excluding steroid dienone is 2. The lowest BCUT2D eigenvalue weighted by molar-refractivity contribution is -0.118. The monoisotopic (exact) mass is 567 g/mol. The van der Waals surface area contributed by atoms with Gasteiger partial charge >= 0.3 is 0 Å². The Kier molecular flexibility index (Phi) is 6.92. The van der Waals surface area contributed by atoms with Crippen LogP contribution in [0.15, 0.2) is 65.3 Å². The number of Topliss-reactive ketones (excluding diaryl/α,β-unsaturated/α-hetero) is 1. The summed E-state index contributed by atoms with van der Waals surface area (Å²) in [5.74, 6) is 2.18. The minimum atomic E-state index is -0.483. The quantitative estimate of drug-likeness (QED) is 0.211. The number of carbonyl (C=O) groups is 1. The zero-order valence-corrected chi connectivity index (χ0v) is 24.6. The summed E-state index contributed by atoms with van der Waals surface area (Å²) < 4.78 is 19.0. The summed E-state index contributed by atoms with van der Waals surface area (Å²) in [6.07, 6.45) is 2.60. The molecule has 0 unspecified atom stereocenters. The van der Waals surface area contributed by atoms with Gasteiger partial charge in [0, 0.05) is 18.4 Å². The van der Waals surface area contributed by atoms with Gasteiger partial charge in [0.15, 0.2) is 35.4 Å². The molecule has 10 heteroatoms. The van der Waals surface area contributed by atoms with Crippen molar-refractivity contribution in [1.82, 2.24) is 19.6 Å². The average Bonchev–Trinajstić information content (AvgIpc) is 3.38. The van der Waals surface area contributed by atoms with Crippen molar-refractivity contribution in [3.05, 3.63) is 88.2 Å². The number of rotatable bonds is 7. The van der Waals surface area contributed by atoms with Crippen LogP contribution in [0.5, 0.6) is 17.4 Å². The van der Waals surface area contributed by atoms with Crippen LogP contribution in [0, 0.1) is 12.3 Å². The molecule has 216 valence electrons. The molecule has 0 fully saturated rings. The zero-order valence-electron chi connectivity index (χ0n) is 24.6. The highest BCUT2D eigenvalue weighted by Gasteiger charge is 2.44. The van der Waals surface area contributed by atoms with E-state index in [1.165, 1.54) is 5.56 Å². The first-order valence-electron chi connectivity index (χ1n) is 13.8. The number of aryl methyl sites for hydroxylation is 1. The number of benzene rings is 2. The second-order valence-electron chi connectivity index (χ2n) is 11.5. The smallest absolute Gasteiger partial charge is 0.228 e. The van der Waals surface area contributed by atoms with Crippen molar-refractivity contribution in [1.29, 1.82) is 0 Å². The van der Waals surface area contributed by atoms with E-state index in [2.05, 4.69) is 29.1 Å². The molecule has 0 radical (unpaired) electrons. The molecule has 3 heterocycles. The lowest BCUT2D eigenvalue weighted by atomic mass is 9.70. The van der Waals surface area contributed by atoms with Crippen molar-refractivity contribution in [2.24, 2.45) is 10.6 Å². The lowest BCUT2D eigenvalue weighted by Gasteiger charge is -2.37. The highest BCUT2D eigenvalue weighted by Crippen LogP contribution is 2.51. The molecule has 0 N–H and O–H groups in total. The Balaban J connectivity index is 1.41. The standard InChI is InChI=1S/C32H33N5O5/c1-18-7-9-20(10-8-18)19(2)36-41-16-26-34-30-29-27(21-11-12-23(39-5)24(13-21)40-6)28-22(38)14-32(3,4)15-25(28)42-31(29)33-17-37(30)35-26/h7-13,17,27H,14-16H2,1-6H3/b36-19+/t27-/m0/s1. The number of hydrogen-bond acceptors (Lipinski definition) is 9. The third-order valence-corrected chi connectivity index (χ3v) is 7.71. The van der Waals surface area contributed by atoms with Crippen LogP contribution in [-0.4, -0.2) is 45.3 Å². The molecule has 10 nitrogen and oxygen atoms in total. The van der Waals surface area contributed by atoms with Crippen molar-refractivity contribution >= 4 is 17.1 Å². The summed E-state index contributed by atoms with van der Waals surface area (Å²) in [6.45, 7) is 8.13. The van der Waals surface area contributed by atoms with E-state index in [1.807, 2.05) is 56.3 Å². The molecule has 2 aliphatic rings. The molecule has 2 aromatic carbocycles. The maximum absolute atomic E-state index is 13.7. The van der Waals surface area contributed by atoms with E-state index < -0.39 is 5.92 Å². The van der Waals surface area contributed by atoms with Crippen LogP contribution in [0.1, 0.15) is 67.6 Å². The van der Waals surface area contributed by atoms with Gasteiger partial charge in [-0.05, 0) is 42.5 Å². The van der Waals surface area contributed by atoms with Crippen LogP contribution in [0.4, 0.5) is 0 Å². The summed E-state index contributed by atoms with van der Waals surface area (Å²) in [4.78, 5) is 28.7. The van der Waals surface area contributed by atoms with Crippen molar-refractivity contribution in [2.75, 3.05) is 14.2 Å². The zero-order chi connectivity index (χ0) is 29.6. The first-order valence-corrected chi connectivity index (χ1v) is 13.8. The van der Waals surface area contributed by atoms with Gasteiger partial charge in [0.2, 0.25) is 5.88 Å². The van der Waals surface area contributed by atoms with Crippen molar-refractivity contribution < 1.29 is 23.8 Å². The molecule has 1 aliphatic heterocycles. The predicted molar refractivity (Wildman–Crippen MR) is 156 cm³/mol. The number of oxime groups is 1. The van der Waals surface area contributed by atoms with E-state index in [0.29, 0.717) is 58.6 Å². The summed E-state index contributed by atoms with van der Waals surface area (Å²) in [5, 5.41) is 8.85. The highest BCUT2D eigenvalue weighted by molar-refractivity contribution is 6.00. The normalized spacial score (nSPS) is 17.9. The van der Waals surface area contributed by atoms with Crippen LogP contribution in [-0.2, 0) is 16.2 Å². The van der Waals surface area contributed by atoms with Crippen molar-refractivity contribution in [2.45, 2.75) is 53.1 Å². The summed E-state index contributed by atoms with van der Waals surface area (Å²) in [5.41, 5.74) is 5.32. The Bertz CT molecular complexity index is 1750. The van der Waals surface area contributed by atoms with Gasteiger partial charge in [-0.25, -0.2) is 14.5 Å². The van der Waals surface area contributed by atoms with Gasteiger partial charge < -0.3 is 19.0 Å². The maximum atomic E-state index is 13.7. The van der Waals surface area contributed by atoms with Gasteiger partial charge in [0.1, 0.15) is 12.1 Å². The van der Waals surface area contributed by atoms with Gasteiger partial charge in [-0.15, -0.1) is 5.10 Å². The number of ether oxygens (including phenoxy) is 3. The molecule has 1 atom stereocenters. The van der Waals surface area contributed by atoms with Gasteiger partial charge in [-0.1, -0.05) is 54.9 Å². The molecule has 0 bridgehead atoms. The minimum Gasteiger partial charge on any atom is -0.493 e. The van der Waals surface area contributed by atoms with E-state index in [0.717, 1.165) is 16.8 Å². The molecule has 0 amide bonds. The van der Waals surface area contributed by atoms with Crippen LogP contribution in [0.2, 0.25) is 0 Å². The topological polar surface area (TPSA) is 109 Å². The predicted octanol–water partition coefficient (Wildman–Crippen LogP) is 5.56. The number of aromatic nitrogens is 4. The molecule has 2 aromatic heterocycles. The molecule has 0 spiro atoms. The summed E-state index contributed by atoms with van der Waals surface area (Å²) in [7, 11) is 3.18. The molecular formula is C32H33N5O5. The van der Waals surface area contributed by atoms with Crippen molar-refractivity contribution in [3.8, 4) is 17.4 Å². The first kappa shape index (κ1) is 27.4. The number of nitrogens with zero attached hydrogens (tertiary/aromatic N) is 5. The highest BCUT2D eigenvalue weighted by atomic mass is 16.6. The second kappa shape index (κ2) is 10.6. The largest absolute Gasteiger partial charge is 0.493 e. The molecule has 0 saturated carbocycles. The van der Waals surface area contributed by atoms with E-state index in [1.54, 1.807) is 25.1 Å². The van der Waals surface area contributed by atoms with Gasteiger partial charge in [-0.2, -0.15) is 0 Å². The summed E-state index contributed by atoms with van der Waals surface area (Å²) in [6, 6.07) is 13.7. The maximum Gasteiger partial charge on any atom is 0.228 e. The minimum absolute atomic E-state index is 0.0395. The lowest BCUT2D eigenvalue weighted by Crippen LogP contribution is -2.33. The van der Waals surface area contributed by atoms with E-state index in [4.69, 9.17) is 24.0 Å². The van der Waals surface area contributed by atoms with Crippen molar-refractivity contribution in [3.63, 3.8) is 0 Å². The fourth-order valence-corrected chi connectivity index (χ4v) is 5.65. The fraction of sp³-hybridized carbons (Fsp3) is 0.344. The third kappa shape index (κ3) is 4.97. The first-order chi connectivity index (χ1) is 20.2. The molecule has 0 saturated heterocycles.